The first-order chi connectivity index (χ1) is 8.70. The van der Waals surface area contributed by atoms with Gasteiger partial charge in [0, 0.05) is 11.2 Å². The molecule has 5 heteroatoms. The summed E-state index contributed by atoms with van der Waals surface area (Å²) in [7, 11) is 0. The van der Waals surface area contributed by atoms with Gasteiger partial charge in [0.15, 0.2) is 0 Å². The van der Waals surface area contributed by atoms with E-state index in [1.54, 1.807) is 25.1 Å². The molecule has 1 amide bonds. The second kappa shape index (κ2) is 5.73. The van der Waals surface area contributed by atoms with Crippen LogP contribution in [0.3, 0.4) is 0 Å². The SMILES string of the molecule is CC(Nc1ccccc1C(=O)O)C(=O)NC(C)(C)C. The fourth-order valence-corrected chi connectivity index (χ4v) is 1.57. The molecule has 104 valence electrons. The van der Waals surface area contributed by atoms with Crippen molar-refractivity contribution in [2.75, 3.05) is 5.32 Å². The van der Waals surface area contributed by atoms with E-state index in [1.165, 1.54) is 6.07 Å². The number of carboxylic acid groups (broad SMARTS) is 1. The number of carbonyl (C=O) groups excluding carboxylic acids is 1. The molecule has 5 nitrogen and oxygen atoms in total. The fourth-order valence-electron chi connectivity index (χ4n) is 1.57. The van der Waals surface area contributed by atoms with E-state index in [-0.39, 0.29) is 17.0 Å². The average molecular weight is 264 g/mol. The van der Waals surface area contributed by atoms with E-state index in [1.807, 2.05) is 20.8 Å². The molecule has 1 aromatic rings. The van der Waals surface area contributed by atoms with Crippen molar-refractivity contribution in [1.82, 2.24) is 5.32 Å². The Hall–Kier alpha value is -2.04. The molecule has 1 unspecified atom stereocenters. The predicted octanol–water partition coefficient (Wildman–Crippen LogP) is 2.10. The van der Waals surface area contributed by atoms with Gasteiger partial charge in [-0.1, -0.05) is 12.1 Å². The van der Waals surface area contributed by atoms with Crippen LogP contribution in [0.2, 0.25) is 0 Å². The van der Waals surface area contributed by atoms with Crippen LogP contribution in [0, 0.1) is 0 Å². The second-order valence-corrected chi connectivity index (χ2v) is 5.46. The van der Waals surface area contributed by atoms with E-state index in [4.69, 9.17) is 5.11 Å². The third kappa shape index (κ3) is 4.62. The van der Waals surface area contributed by atoms with Gasteiger partial charge in [-0.3, -0.25) is 4.79 Å². The lowest BCUT2D eigenvalue weighted by Crippen LogP contribution is -2.47. The highest BCUT2D eigenvalue weighted by Gasteiger charge is 2.20. The molecule has 0 aliphatic carbocycles. The summed E-state index contributed by atoms with van der Waals surface area (Å²) in [6, 6.07) is 6.00. The van der Waals surface area contributed by atoms with E-state index in [2.05, 4.69) is 10.6 Å². The number of benzene rings is 1. The summed E-state index contributed by atoms with van der Waals surface area (Å²) in [5, 5.41) is 14.8. The van der Waals surface area contributed by atoms with Gasteiger partial charge in [-0.05, 0) is 39.8 Å². The highest BCUT2D eigenvalue weighted by Crippen LogP contribution is 2.16. The molecule has 0 aliphatic rings. The molecule has 0 spiro atoms. The van der Waals surface area contributed by atoms with Crippen molar-refractivity contribution in [3.8, 4) is 0 Å². The lowest BCUT2D eigenvalue weighted by molar-refractivity contribution is -0.122. The maximum absolute atomic E-state index is 11.9. The standard InChI is InChI=1S/C14H20N2O3/c1-9(12(17)16-14(2,3)4)15-11-8-6-5-7-10(11)13(18)19/h5-9,15H,1-4H3,(H,16,17)(H,18,19). The summed E-state index contributed by atoms with van der Waals surface area (Å²) in [5.41, 5.74) is 0.267. The van der Waals surface area contributed by atoms with Crippen molar-refractivity contribution in [2.45, 2.75) is 39.3 Å². The predicted molar refractivity (Wildman–Crippen MR) is 74.4 cm³/mol. The molecule has 19 heavy (non-hydrogen) atoms. The maximum Gasteiger partial charge on any atom is 0.337 e. The summed E-state index contributed by atoms with van der Waals surface area (Å²) in [5.74, 6) is -1.20. The molecule has 1 atom stereocenters. The van der Waals surface area contributed by atoms with Gasteiger partial charge in [-0.2, -0.15) is 0 Å². The Morgan fingerprint density at radius 2 is 1.79 bits per heavy atom. The third-order valence-electron chi connectivity index (χ3n) is 2.42. The molecule has 0 aromatic heterocycles. The number of rotatable bonds is 4. The smallest absolute Gasteiger partial charge is 0.337 e. The Morgan fingerprint density at radius 1 is 1.21 bits per heavy atom. The number of para-hydroxylation sites is 1. The van der Waals surface area contributed by atoms with Crippen LogP contribution >= 0.6 is 0 Å². The normalized spacial score (nSPS) is 12.6. The Morgan fingerprint density at radius 3 is 2.32 bits per heavy atom. The summed E-state index contributed by atoms with van der Waals surface area (Å²) >= 11 is 0. The maximum atomic E-state index is 11.9. The minimum Gasteiger partial charge on any atom is -0.478 e. The topological polar surface area (TPSA) is 78.4 Å². The zero-order valence-electron chi connectivity index (χ0n) is 11.7. The van der Waals surface area contributed by atoms with Crippen LogP contribution in [-0.4, -0.2) is 28.6 Å². The summed E-state index contributed by atoms with van der Waals surface area (Å²) < 4.78 is 0. The lowest BCUT2D eigenvalue weighted by Gasteiger charge is -2.24. The van der Waals surface area contributed by atoms with Gasteiger partial charge in [0.05, 0.1) is 5.56 Å². The molecule has 0 radical (unpaired) electrons. The van der Waals surface area contributed by atoms with Gasteiger partial charge in [0.25, 0.3) is 0 Å². The van der Waals surface area contributed by atoms with Crippen LogP contribution in [-0.2, 0) is 4.79 Å². The summed E-state index contributed by atoms with van der Waals surface area (Å²) in [6.07, 6.45) is 0. The molecule has 0 fully saturated rings. The highest BCUT2D eigenvalue weighted by atomic mass is 16.4. The number of carboxylic acids is 1. The fraction of sp³-hybridized carbons (Fsp3) is 0.429. The molecule has 0 saturated carbocycles. The first-order valence-corrected chi connectivity index (χ1v) is 6.11. The van der Waals surface area contributed by atoms with Gasteiger partial charge in [-0.25, -0.2) is 4.79 Å². The largest absolute Gasteiger partial charge is 0.478 e. The minimum atomic E-state index is -1.02. The molecule has 0 saturated heterocycles. The van der Waals surface area contributed by atoms with Gasteiger partial charge < -0.3 is 15.7 Å². The van der Waals surface area contributed by atoms with Crippen molar-refractivity contribution < 1.29 is 14.7 Å². The highest BCUT2D eigenvalue weighted by molar-refractivity contribution is 5.95. The Bertz CT molecular complexity index is 478. The number of nitrogens with one attached hydrogen (secondary N) is 2. The first kappa shape index (κ1) is 15.0. The molecule has 1 aromatic carbocycles. The average Bonchev–Trinajstić information content (AvgIpc) is 2.27. The number of hydrogen-bond donors (Lipinski definition) is 3. The molecular weight excluding hydrogens is 244 g/mol. The van der Waals surface area contributed by atoms with Crippen molar-refractivity contribution in [3.63, 3.8) is 0 Å². The van der Waals surface area contributed by atoms with Crippen LogP contribution in [0.5, 0.6) is 0 Å². The Kier molecular flexibility index (Phi) is 4.53. The van der Waals surface area contributed by atoms with Gasteiger partial charge in [0.2, 0.25) is 5.91 Å². The first-order valence-electron chi connectivity index (χ1n) is 6.11. The van der Waals surface area contributed by atoms with E-state index < -0.39 is 12.0 Å². The minimum absolute atomic E-state index is 0.151. The Labute approximate surface area is 113 Å². The monoisotopic (exact) mass is 264 g/mol. The van der Waals surface area contributed by atoms with E-state index >= 15 is 0 Å². The van der Waals surface area contributed by atoms with Crippen LogP contribution in [0.1, 0.15) is 38.1 Å². The molecule has 3 N–H and O–H groups in total. The van der Waals surface area contributed by atoms with Gasteiger partial charge >= 0.3 is 5.97 Å². The lowest BCUT2D eigenvalue weighted by atomic mass is 10.1. The molecular formula is C14H20N2O3. The van der Waals surface area contributed by atoms with E-state index in [0.29, 0.717) is 5.69 Å². The van der Waals surface area contributed by atoms with E-state index in [0.717, 1.165) is 0 Å². The zero-order valence-corrected chi connectivity index (χ0v) is 11.7. The van der Waals surface area contributed by atoms with Crippen LogP contribution in [0.15, 0.2) is 24.3 Å². The molecule has 0 bridgehead atoms. The van der Waals surface area contributed by atoms with Crippen molar-refractivity contribution in [1.29, 1.82) is 0 Å². The van der Waals surface area contributed by atoms with Crippen molar-refractivity contribution in [2.24, 2.45) is 0 Å². The molecule has 1 rings (SSSR count). The summed E-state index contributed by atoms with van der Waals surface area (Å²) in [4.78, 5) is 23.0. The van der Waals surface area contributed by atoms with Crippen LogP contribution < -0.4 is 10.6 Å². The van der Waals surface area contributed by atoms with E-state index in [9.17, 15) is 9.59 Å². The Balaban J connectivity index is 2.80. The van der Waals surface area contributed by atoms with Crippen LogP contribution in [0.25, 0.3) is 0 Å². The number of carbonyl (C=O) groups is 2. The van der Waals surface area contributed by atoms with Crippen molar-refractivity contribution in [3.05, 3.63) is 29.8 Å². The number of hydrogen-bond acceptors (Lipinski definition) is 3. The molecule has 0 aliphatic heterocycles. The summed E-state index contributed by atoms with van der Waals surface area (Å²) in [6.45, 7) is 7.37. The number of amides is 1. The zero-order chi connectivity index (χ0) is 14.6. The van der Waals surface area contributed by atoms with Crippen LogP contribution in [0.4, 0.5) is 5.69 Å². The number of aromatic carboxylic acids is 1. The van der Waals surface area contributed by atoms with Gasteiger partial charge in [-0.15, -0.1) is 0 Å². The number of anilines is 1. The molecule has 0 heterocycles. The second-order valence-electron chi connectivity index (χ2n) is 5.46. The quantitative estimate of drug-likeness (QED) is 0.778. The van der Waals surface area contributed by atoms with Gasteiger partial charge in [0.1, 0.15) is 6.04 Å². The third-order valence-corrected chi connectivity index (χ3v) is 2.42. The van der Waals surface area contributed by atoms with Crippen molar-refractivity contribution >= 4 is 17.6 Å².